The Bertz CT molecular complexity index is 824. The van der Waals surface area contributed by atoms with Gasteiger partial charge in [0.1, 0.15) is 0 Å². The van der Waals surface area contributed by atoms with Crippen LogP contribution in [0.25, 0.3) is 0 Å². The third-order valence-corrected chi connectivity index (χ3v) is 18.2. The molecule has 0 aliphatic heterocycles. The van der Waals surface area contributed by atoms with Crippen LogP contribution >= 0.6 is 0 Å². The van der Waals surface area contributed by atoms with Crippen molar-refractivity contribution in [1.29, 1.82) is 0 Å². The quantitative estimate of drug-likeness (QED) is 0.210. The van der Waals surface area contributed by atoms with Gasteiger partial charge in [0.05, 0.1) is 0 Å². The van der Waals surface area contributed by atoms with Crippen LogP contribution in [0.4, 0.5) is 0 Å². The van der Waals surface area contributed by atoms with Crippen LogP contribution in [0.1, 0.15) is 12.8 Å². The van der Waals surface area contributed by atoms with Gasteiger partial charge in [0.15, 0.2) is 0 Å². The summed E-state index contributed by atoms with van der Waals surface area (Å²) in [5, 5.41) is 1.36. The van der Waals surface area contributed by atoms with Crippen molar-refractivity contribution in [3.05, 3.63) is 121 Å². The zero-order chi connectivity index (χ0) is 20.4. The van der Waals surface area contributed by atoms with E-state index < -0.39 is 34.9 Å². The molecule has 30 heavy (non-hydrogen) atoms. The number of hydrogen-bond donors (Lipinski definition) is 0. The molecule has 4 aromatic rings. The van der Waals surface area contributed by atoms with E-state index in [-0.39, 0.29) is 0 Å². The van der Waals surface area contributed by atoms with Gasteiger partial charge >= 0.3 is 194 Å². The van der Waals surface area contributed by atoms with Gasteiger partial charge in [-0.25, -0.2) is 0 Å². The van der Waals surface area contributed by atoms with Crippen LogP contribution in [-0.4, -0.2) is 34.9 Å². The van der Waals surface area contributed by atoms with Crippen molar-refractivity contribution in [2.45, 2.75) is 22.4 Å². The molecule has 4 aromatic carbocycles. The Labute approximate surface area is 193 Å². The fourth-order valence-electron chi connectivity index (χ4n) is 3.79. The first-order valence-electron chi connectivity index (χ1n) is 10.7. The second-order valence-corrected chi connectivity index (χ2v) is 18.9. The number of rotatable bonds is 9. The van der Waals surface area contributed by atoms with Crippen LogP contribution in [0.2, 0.25) is 9.58 Å². The van der Waals surface area contributed by atoms with Crippen molar-refractivity contribution in [2.75, 3.05) is 0 Å². The molecule has 0 atom stereocenters. The molecule has 0 N–H and O–H groups in total. The molecule has 0 heterocycles. The Kier molecular flexibility index (Phi) is 8.30. The molecule has 0 aliphatic rings. The van der Waals surface area contributed by atoms with E-state index in [1.807, 2.05) is 0 Å². The molecule has 0 saturated carbocycles. The summed E-state index contributed by atoms with van der Waals surface area (Å²) in [7, 11) is 0. The van der Waals surface area contributed by atoms with E-state index in [0.717, 1.165) is 0 Å². The molecule has 0 spiro atoms. The molecule has 4 rings (SSSR count). The number of unbranched alkanes of at least 4 members (excludes halogenated alkanes) is 1. The van der Waals surface area contributed by atoms with E-state index in [1.54, 1.807) is 15.7 Å². The van der Waals surface area contributed by atoms with Crippen molar-refractivity contribution in [2.24, 2.45) is 0 Å². The van der Waals surface area contributed by atoms with E-state index in [0.29, 0.717) is 0 Å². The van der Waals surface area contributed by atoms with E-state index >= 15 is 0 Å². The van der Waals surface area contributed by atoms with Crippen LogP contribution in [0, 0.1) is 0 Å². The van der Waals surface area contributed by atoms with Gasteiger partial charge in [-0.2, -0.15) is 0 Å². The van der Waals surface area contributed by atoms with Crippen molar-refractivity contribution < 1.29 is 0 Å². The first-order chi connectivity index (χ1) is 14.9. The van der Waals surface area contributed by atoms with Crippen LogP contribution in [0.15, 0.2) is 121 Å². The number of benzene rings is 4. The molecule has 0 amide bonds. The summed E-state index contributed by atoms with van der Waals surface area (Å²) >= 11 is -2.89. The molecule has 0 nitrogen and oxygen atoms in total. The van der Waals surface area contributed by atoms with Gasteiger partial charge in [-0.3, -0.25) is 0 Å². The molecular weight excluding hydrogens is 533 g/mol. The zero-order valence-corrected chi connectivity index (χ0v) is 21.7. The predicted molar refractivity (Wildman–Crippen MR) is 135 cm³/mol. The fraction of sp³-hybridized carbons (Fsp3) is 0.143. The van der Waals surface area contributed by atoms with Crippen molar-refractivity contribution in [3.63, 3.8) is 0 Å². The minimum atomic E-state index is -1.67. The summed E-state index contributed by atoms with van der Waals surface area (Å²) in [5.74, 6) is 0. The van der Waals surface area contributed by atoms with Gasteiger partial charge in [-0.05, 0) is 0 Å². The molecule has 150 valence electrons. The van der Waals surface area contributed by atoms with Crippen molar-refractivity contribution >= 4 is 50.6 Å². The number of hydrogen-bond acceptors (Lipinski definition) is 0. The van der Waals surface area contributed by atoms with Crippen LogP contribution < -0.4 is 15.7 Å². The maximum atomic E-state index is 2.36. The minimum absolute atomic E-state index is 1.22. The Balaban J connectivity index is 1.45. The second kappa shape index (κ2) is 11.6. The summed E-state index contributed by atoms with van der Waals surface area (Å²) in [6.45, 7) is 0. The van der Waals surface area contributed by atoms with E-state index in [4.69, 9.17) is 0 Å². The maximum absolute atomic E-state index is 2.36. The standard InChI is InChI=1S/C16H18As.2C6H5.Sb/c1-2-3-14-17(15-10-6-4-7-11-15)16-12-8-5-9-13-16;2*1-2-4-6-5-3-1;/h4-13H,1-3,14H2;2*1-5H;. The summed E-state index contributed by atoms with van der Waals surface area (Å²) < 4.78 is 7.79. The Morgan fingerprint density at radius 1 is 0.467 bits per heavy atom. The van der Waals surface area contributed by atoms with Gasteiger partial charge in [0, 0.05) is 0 Å². The first-order valence-corrected chi connectivity index (χ1v) is 18.2. The molecule has 0 bridgehead atoms. The molecule has 0 saturated heterocycles. The van der Waals surface area contributed by atoms with Crippen LogP contribution in [0.5, 0.6) is 0 Å². The predicted octanol–water partition coefficient (Wildman–Crippen LogP) is 4.39. The molecular formula is C28H28AsSb. The van der Waals surface area contributed by atoms with Crippen molar-refractivity contribution in [1.82, 2.24) is 0 Å². The fourth-order valence-corrected chi connectivity index (χ4v) is 15.8. The van der Waals surface area contributed by atoms with Gasteiger partial charge in [-0.15, -0.1) is 0 Å². The van der Waals surface area contributed by atoms with Gasteiger partial charge in [0.25, 0.3) is 0 Å². The topological polar surface area (TPSA) is 0 Å². The third-order valence-electron chi connectivity index (χ3n) is 5.28. The van der Waals surface area contributed by atoms with Gasteiger partial charge in [0.2, 0.25) is 0 Å². The molecule has 0 aromatic heterocycles. The van der Waals surface area contributed by atoms with E-state index in [2.05, 4.69) is 121 Å². The Hall–Kier alpha value is -1.74. The summed E-state index contributed by atoms with van der Waals surface area (Å²) in [5.41, 5.74) is 0. The second-order valence-electron chi connectivity index (χ2n) is 7.35. The molecule has 2 heteroatoms. The van der Waals surface area contributed by atoms with E-state index in [1.165, 1.54) is 22.4 Å². The summed E-state index contributed by atoms with van der Waals surface area (Å²) in [6.07, 6.45) is 2.68. The van der Waals surface area contributed by atoms with E-state index in [9.17, 15) is 0 Å². The average molecular weight is 561 g/mol. The van der Waals surface area contributed by atoms with Gasteiger partial charge < -0.3 is 0 Å². The third kappa shape index (κ3) is 5.91. The normalized spacial score (nSPS) is 11.1. The summed E-state index contributed by atoms with van der Waals surface area (Å²) in [4.78, 5) is 0. The zero-order valence-electron chi connectivity index (χ0n) is 17.3. The molecule has 0 aliphatic carbocycles. The Morgan fingerprint density at radius 3 is 1.30 bits per heavy atom. The SMILES string of the molecule is c1ccc([As](CCC[CH2][Sb]([c]2ccccc2)[c]2ccccc2)c2ccccc2)cc1. The van der Waals surface area contributed by atoms with Gasteiger partial charge in [-0.1, -0.05) is 0 Å². The molecule has 0 radical (unpaired) electrons. The van der Waals surface area contributed by atoms with Crippen LogP contribution in [0.3, 0.4) is 0 Å². The summed E-state index contributed by atoms with van der Waals surface area (Å²) in [6, 6.07) is 45.1. The first kappa shape index (κ1) is 21.5. The average Bonchev–Trinajstić information content (AvgIpc) is 2.84. The molecule has 0 fully saturated rings. The van der Waals surface area contributed by atoms with Crippen LogP contribution in [-0.2, 0) is 0 Å². The van der Waals surface area contributed by atoms with Crippen molar-refractivity contribution in [3.8, 4) is 0 Å². The Morgan fingerprint density at radius 2 is 0.867 bits per heavy atom. The monoisotopic (exact) mass is 560 g/mol. The molecule has 0 unspecified atom stereocenters.